The first kappa shape index (κ1) is 14.1. The van der Waals surface area contributed by atoms with Crippen LogP contribution < -0.4 is 11.3 Å². The number of nitrogens with zero attached hydrogens (tertiary/aromatic N) is 1. The van der Waals surface area contributed by atoms with Gasteiger partial charge in [0.15, 0.2) is 0 Å². The lowest BCUT2D eigenvalue weighted by Gasteiger charge is -2.17. The lowest BCUT2D eigenvalue weighted by molar-refractivity contribution is 0.563. The number of rotatable bonds is 3. The summed E-state index contributed by atoms with van der Waals surface area (Å²) < 4.78 is 26.4. The molecule has 0 aliphatic carbocycles. The maximum Gasteiger partial charge on any atom is 0.126 e. The Balaban J connectivity index is 2.49. The van der Waals surface area contributed by atoms with Crippen LogP contribution in [-0.2, 0) is 0 Å². The molecule has 1 heterocycles. The van der Waals surface area contributed by atoms with Gasteiger partial charge in [-0.2, -0.15) is 0 Å². The maximum absolute atomic E-state index is 13.2. The van der Waals surface area contributed by atoms with Gasteiger partial charge in [0.1, 0.15) is 11.6 Å². The molecule has 0 fully saturated rings. The van der Waals surface area contributed by atoms with Crippen LogP contribution in [0.4, 0.5) is 8.78 Å². The van der Waals surface area contributed by atoms with Crippen LogP contribution >= 0.6 is 23.2 Å². The summed E-state index contributed by atoms with van der Waals surface area (Å²) in [7, 11) is 0. The SMILES string of the molecule is NNC(c1cc(F)cc(F)c1)c1ncc(Cl)cc1Cl. The molecule has 0 spiro atoms. The van der Waals surface area contributed by atoms with E-state index in [-0.39, 0.29) is 10.6 Å². The molecule has 0 aliphatic rings. The summed E-state index contributed by atoms with van der Waals surface area (Å²) in [6.45, 7) is 0. The predicted molar refractivity (Wildman–Crippen MR) is 69.8 cm³/mol. The third-order valence-corrected chi connectivity index (χ3v) is 3.00. The molecule has 19 heavy (non-hydrogen) atoms. The van der Waals surface area contributed by atoms with E-state index < -0.39 is 17.7 Å². The molecule has 3 N–H and O–H groups in total. The number of nitrogens with two attached hydrogens (primary N) is 1. The van der Waals surface area contributed by atoms with Crippen molar-refractivity contribution in [3.8, 4) is 0 Å². The van der Waals surface area contributed by atoms with Crippen LogP contribution in [0.15, 0.2) is 30.5 Å². The van der Waals surface area contributed by atoms with Gasteiger partial charge in [-0.05, 0) is 23.8 Å². The Morgan fingerprint density at radius 2 is 1.74 bits per heavy atom. The van der Waals surface area contributed by atoms with Crippen molar-refractivity contribution in [1.29, 1.82) is 0 Å². The monoisotopic (exact) mass is 303 g/mol. The fraction of sp³-hybridized carbons (Fsp3) is 0.0833. The molecule has 1 atom stereocenters. The van der Waals surface area contributed by atoms with Crippen LogP contribution in [0.1, 0.15) is 17.3 Å². The van der Waals surface area contributed by atoms with Crippen LogP contribution in [-0.4, -0.2) is 4.98 Å². The molecule has 0 amide bonds. The van der Waals surface area contributed by atoms with E-state index >= 15 is 0 Å². The first-order valence-corrected chi connectivity index (χ1v) is 6.00. The van der Waals surface area contributed by atoms with Gasteiger partial charge in [-0.15, -0.1) is 0 Å². The van der Waals surface area contributed by atoms with Crippen molar-refractivity contribution in [2.75, 3.05) is 0 Å². The average molecular weight is 304 g/mol. The number of halogens is 4. The van der Waals surface area contributed by atoms with Crippen LogP contribution in [0.25, 0.3) is 0 Å². The van der Waals surface area contributed by atoms with Crippen molar-refractivity contribution in [3.63, 3.8) is 0 Å². The minimum absolute atomic E-state index is 0.250. The average Bonchev–Trinajstić information content (AvgIpc) is 2.31. The summed E-state index contributed by atoms with van der Waals surface area (Å²) in [5, 5.41) is 0.607. The van der Waals surface area contributed by atoms with Crippen molar-refractivity contribution in [1.82, 2.24) is 10.4 Å². The first-order valence-electron chi connectivity index (χ1n) is 5.24. The molecule has 0 radical (unpaired) electrons. The zero-order valence-corrected chi connectivity index (χ0v) is 11.0. The highest BCUT2D eigenvalue weighted by atomic mass is 35.5. The second-order valence-corrected chi connectivity index (χ2v) is 4.67. The Labute approximate surface area is 118 Å². The van der Waals surface area contributed by atoms with Gasteiger partial charge in [0, 0.05) is 12.3 Å². The molecule has 7 heteroatoms. The van der Waals surface area contributed by atoms with Crippen LogP contribution in [0.3, 0.4) is 0 Å². The number of hydrazine groups is 1. The van der Waals surface area contributed by atoms with E-state index in [0.29, 0.717) is 10.7 Å². The minimum atomic E-state index is -0.741. The van der Waals surface area contributed by atoms with Gasteiger partial charge in [-0.25, -0.2) is 14.2 Å². The van der Waals surface area contributed by atoms with Gasteiger partial charge >= 0.3 is 0 Å². The molecule has 1 aromatic carbocycles. The lowest BCUT2D eigenvalue weighted by Crippen LogP contribution is -2.30. The highest BCUT2D eigenvalue weighted by Crippen LogP contribution is 2.28. The normalized spacial score (nSPS) is 12.5. The minimum Gasteiger partial charge on any atom is -0.271 e. The van der Waals surface area contributed by atoms with E-state index in [0.717, 1.165) is 18.2 Å². The van der Waals surface area contributed by atoms with Gasteiger partial charge in [-0.3, -0.25) is 10.8 Å². The standard InChI is InChI=1S/C12H9Cl2F2N3/c13-7-3-10(14)12(18-5-7)11(19-17)6-1-8(15)4-9(16)2-6/h1-5,11,19H,17H2. The molecule has 0 aliphatic heterocycles. The molecule has 2 aromatic rings. The quantitative estimate of drug-likeness (QED) is 0.676. The molecule has 0 bridgehead atoms. The third kappa shape index (κ3) is 3.19. The second kappa shape index (κ2) is 5.79. The van der Waals surface area contributed by atoms with Gasteiger partial charge < -0.3 is 0 Å². The van der Waals surface area contributed by atoms with Crippen molar-refractivity contribution in [2.45, 2.75) is 6.04 Å². The molecule has 100 valence electrons. The molecular formula is C12H9Cl2F2N3. The number of nitrogens with one attached hydrogen (secondary N) is 1. The highest BCUT2D eigenvalue weighted by molar-refractivity contribution is 6.34. The highest BCUT2D eigenvalue weighted by Gasteiger charge is 2.19. The van der Waals surface area contributed by atoms with Gasteiger partial charge in [-0.1, -0.05) is 23.2 Å². The first-order chi connectivity index (χ1) is 9.01. The summed E-state index contributed by atoms with van der Waals surface area (Å²) in [4.78, 5) is 4.03. The summed E-state index contributed by atoms with van der Waals surface area (Å²) >= 11 is 11.7. The third-order valence-electron chi connectivity index (χ3n) is 2.49. The largest absolute Gasteiger partial charge is 0.271 e. The predicted octanol–water partition coefficient (Wildman–Crippen LogP) is 3.22. The molecule has 3 nitrogen and oxygen atoms in total. The summed E-state index contributed by atoms with van der Waals surface area (Å²) in [6.07, 6.45) is 1.38. The zero-order valence-electron chi connectivity index (χ0n) is 9.50. The fourth-order valence-corrected chi connectivity index (χ4v) is 2.20. The fourth-order valence-electron chi connectivity index (χ4n) is 1.71. The van der Waals surface area contributed by atoms with E-state index in [1.54, 1.807) is 0 Å². The Morgan fingerprint density at radius 3 is 2.26 bits per heavy atom. The molecule has 2 rings (SSSR count). The van der Waals surface area contributed by atoms with Crippen LogP contribution in [0.5, 0.6) is 0 Å². The van der Waals surface area contributed by atoms with E-state index in [1.807, 2.05) is 0 Å². The molecule has 1 unspecified atom stereocenters. The second-order valence-electron chi connectivity index (χ2n) is 3.82. The van der Waals surface area contributed by atoms with Crippen molar-refractivity contribution in [2.24, 2.45) is 5.84 Å². The van der Waals surface area contributed by atoms with Crippen molar-refractivity contribution < 1.29 is 8.78 Å². The Kier molecular flexibility index (Phi) is 4.31. The van der Waals surface area contributed by atoms with E-state index in [9.17, 15) is 8.78 Å². The lowest BCUT2D eigenvalue weighted by atomic mass is 10.0. The summed E-state index contributed by atoms with van der Waals surface area (Å²) in [5.41, 5.74) is 3.03. The molecular weight excluding hydrogens is 295 g/mol. The number of pyridine rings is 1. The van der Waals surface area contributed by atoms with Gasteiger partial charge in [0.25, 0.3) is 0 Å². The molecule has 0 saturated heterocycles. The Morgan fingerprint density at radius 1 is 1.11 bits per heavy atom. The van der Waals surface area contributed by atoms with Crippen LogP contribution in [0, 0.1) is 11.6 Å². The van der Waals surface area contributed by atoms with Crippen LogP contribution in [0.2, 0.25) is 10.0 Å². The topological polar surface area (TPSA) is 50.9 Å². The maximum atomic E-state index is 13.2. The Bertz CT molecular complexity index is 587. The summed E-state index contributed by atoms with van der Waals surface area (Å²) in [6, 6.07) is 3.81. The molecule has 1 aromatic heterocycles. The Hall–Kier alpha value is -1.27. The zero-order chi connectivity index (χ0) is 14.0. The van der Waals surface area contributed by atoms with E-state index in [4.69, 9.17) is 29.0 Å². The van der Waals surface area contributed by atoms with Gasteiger partial charge in [0.2, 0.25) is 0 Å². The molecule has 0 saturated carbocycles. The van der Waals surface area contributed by atoms with Crippen molar-refractivity contribution in [3.05, 3.63) is 63.4 Å². The number of hydrogen-bond donors (Lipinski definition) is 2. The smallest absolute Gasteiger partial charge is 0.126 e. The number of hydrogen-bond acceptors (Lipinski definition) is 3. The number of aromatic nitrogens is 1. The van der Waals surface area contributed by atoms with E-state index in [2.05, 4.69) is 10.4 Å². The van der Waals surface area contributed by atoms with Crippen molar-refractivity contribution >= 4 is 23.2 Å². The van der Waals surface area contributed by atoms with E-state index in [1.165, 1.54) is 12.3 Å². The van der Waals surface area contributed by atoms with Gasteiger partial charge in [0.05, 0.1) is 21.8 Å². The summed E-state index contributed by atoms with van der Waals surface area (Å²) in [5.74, 6) is 4.00. The number of benzene rings is 1.